The van der Waals surface area contributed by atoms with Gasteiger partial charge in [-0.05, 0) is 12.5 Å². The molecule has 5 heteroatoms. The number of carbonyl (C=O) groups excluding carboxylic acids is 1. The number of nitrogens with two attached hydrogens (primary N) is 1. The summed E-state index contributed by atoms with van der Waals surface area (Å²) in [6, 6.07) is 7.75. The molecule has 1 aliphatic heterocycles. The van der Waals surface area contributed by atoms with Crippen LogP contribution in [0, 0.1) is 5.92 Å². The zero-order chi connectivity index (χ0) is 14.5. The van der Waals surface area contributed by atoms with E-state index in [1.165, 1.54) is 0 Å². The van der Waals surface area contributed by atoms with Gasteiger partial charge in [0, 0.05) is 12.0 Å². The van der Waals surface area contributed by atoms with Gasteiger partial charge in [-0.3, -0.25) is 4.79 Å². The molecule has 0 saturated heterocycles. The second kappa shape index (κ2) is 6.70. The Labute approximate surface area is 124 Å². The van der Waals surface area contributed by atoms with Gasteiger partial charge in [-0.2, -0.15) is 0 Å². The predicted molar refractivity (Wildman–Crippen MR) is 82.6 cm³/mol. The molecule has 4 nitrogen and oxygen atoms in total. The summed E-state index contributed by atoms with van der Waals surface area (Å²) in [5.74, 6) is 0.373. The van der Waals surface area contributed by atoms with Crippen molar-refractivity contribution in [3.63, 3.8) is 0 Å². The molecule has 0 spiro atoms. The van der Waals surface area contributed by atoms with Crippen LogP contribution < -0.4 is 15.8 Å². The maximum atomic E-state index is 12.3. The van der Waals surface area contributed by atoms with Crippen molar-refractivity contribution < 1.29 is 9.53 Å². The lowest BCUT2D eigenvalue weighted by atomic mass is 9.98. The molecule has 0 aliphatic carbocycles. The molecular formula is C15H20N2O2S. The van der Waals surface area contributed by atoms with E-state index in [2.05, 4.69) is 5.32 Å². The van der Waals surface area contributed by atoms with Crippen molar-refractivity contribution in [2.45, 2.75) is 32.2 Å². The number of amides is 1. The van der Waals surface area contributed by atoms with E-state index in [1.807, 2.05) is 31.2 Å². The van der Waals surface area contributed by atoms with Crippen LogP contribution in [0.3, 0.4) is 0 Å². The van der Waals surface area contributed by atoms with Crippen LogP contribution in [0.15, 0.2) is 24.3 Å². The molecule has 2 atom stereocenters. The number of fused-ring (bicyclic) bond motifs is 1. The van der Waals surface area contributed by atoms with Crippen LogP contribution in [-0.4, -0.2) is 17.5 Å². The minimum atomic E-state index is -0.384. The first kappa shape index (κ1) is 14.8. The van der Waals surface area contributed by atoms with E-state index < -0.39 is 0 Å². The second-order valence-corrected chi connectivity index (χ2v) is 5.45. The van der Waals surface area contributed by atoms with Crippen molar-refractivity contribution in [3.8, 4) is 5.75 Å². The molecular weight excluding hydrogens is 272 g/mol. The summed E-state index contributed by atoms with van der Waals surface area (Å²) in [7, 11) is 0. The quantitative estimate of drug-likeness (QED) is 0.818. The summed E-state index contributed by atoms with van der Waals surface area (Å²) in [6.45, 7) is 2.62. The van der Waals surface area contributed by atoms with E-state index >= 15 is 0 Å². The number of nitrogens with one attached hydrogen (secondary N) is 1. The van der Waals surface area contributed by atoms with E-state index in [-0.39, 0.29) is 22.9 Å². The lowest BCUT2D eigenvalue weighted by Crippen LogP contribution is -2.40. The molecule has 2 unspecified atom stereocenters. The minimum absolute atomic E-state index is 0.0267. The first-order valence-electron chi connectivity index (χ1n) is 6.95. The Morgan fingerprint density at radius 1 is 1.55 bits per heavy atom. The zero-order valence-electron chi connectivity index (χ0n) is 11.6. The third-order valence-electron chi connectivity index (χ3n) is 3.51. The van der Waals surface area contributed by atoms with Gasteiger partial charge in [0.1, 0.15) is 5.75 Å². The predicted octanol–water partition coefficient (Wildman–Crippen LogP) is 2.33. The van der Waals surface area contributed by atoms with E-state index in [1.54, 1.807) is 0 Å². The molecule has 2 rings (SSSR count). The summed E-state index contributed by atoms with van der Waals surface area (Å²) in [4.78, 5) is 12.6. The maximum Gasteiger partial charge on any atom is 0.230 e. The summed E-state index contributed by atoms with van der Waals surface area (Å²) in [5, 5.41) is 3.05. The number of ether oxygens (including phenoxy) is 1. The number of hydrogen-bond donors (Lipinski definition) is 2. The van der Waals surface area contributed by atoms with Crippen molar-refractivity contribution in [3.05, 3.63) is 29.8 Å². The van der Waals surface area contributed by atoms with Crippen LogP contribution in [0.5, 0.6) is 5.75 Å². The summed E-state index contributed by atoms with van der Waals surface area (Å²) >= 11 is 5.00. The normalized spacial score (nSPS) is 18.6. The molecule has 20 heavy (non-hydrogen) atoms. The fraction of sp³-hybridized carbons (Fsp3) is 0.467. The molecule has 0 aromatic heterocycles. The van der Waals surface area contributed by atoms with Crippen LogP contribution in [0.2, 0.25) is 0 Å². The van der Waals surface area contributed by atoms with Crippen LogP contribution >= 0.6 is 12.2 Å². The summed E-state index contributed by atoms with van der Waals surface area (Å²) in [5.41, 5.74) is 6.69. The second-order valence-electron chi connectivity index (χ2n) is 4.98. The van der Waals surface area contributed by atoms with Gasteiger partial charge in [-0.25, -0.2) is 0 Å². The fourth-order valence-electron chi connectivity index (χ4n) is 2.46. The summed E-state index contributed by atoms with van der Waals surface area (Å²) in [6.07, 6.45) is 2.32. The smallest absolute Gasteiger partial charge is 0.230 e. The first-order chi connectivity index (χ1) is 9.63. The molecule has 108 valence electrons. The monoisotopic (exact) mass is 292 g/mol. The zero-order valence-corrected chi connectivity index (χ0v) is 12.4. The van der Waals surface area contributed by atoms with E-state index in [0.717, 1.165) is 24.2 Å². The van der Waals surface area contributed by atoms with E-state index in [4.69, 9.17) is 22.7 Å². The Bertz CT molecular complexity index is 504. The lowest BCUT2D eigenvalue weighted by Gasteiger charge is -2.28. The van der Waals surface area contributed by atoms with Gasteiger partial charge in [0.05, 0.1) is 23.6 Å². The Kier molecular flexibility index (Phi) is 4.95. The topological polar surface area (TPSA) is 64.3 Å². The van der Waals surface area contributed by atoms with Crippen LogP contribution in [0.1, 0.15) is 37.8 Å². The average molecular weight is 292 g/mol. The fourth-order valence-corrected chi connectivity index (χ4v) is 2.68. The molecule has 1 aliphatic rings. The van der Waals surface area contributed by atoms with Gasteiger partial charge in [0.2, 0.25) is 5.91 Å². The molecule has 0 saturated carbocycles. The molecule has 0 fully saturated rings. The number of thiocarbonyl (C=S) groups is 1. The Hall–Kier alpha value is -1.62. The third-order valence-corrected chi connectivity index (χ3v) is 3.80. The molecule has 1 amide bonds. The lowest BCUT2D eigenvalue weighted by molar-refractivity contribution is -0.124. The van der Waals surface area contributed by atoms with Gasteiger partial charge < -0.3 is 15.8 Å². The molecule has 1 aromatic carbocycles. The van der Waals surface area contributed by atoms with E-state index in [9.17, 15) is 4.79 Å². The van der Waals surface area contributed by atoms with E-state index in [0.29, 0.717) is 13.0 Å². The Morgan fingerprint density at radius 3 is 3.00 bits per heavy atom. The highest BCUT2D eigenvalue weighted by Gasteiger charge is 2.27. The largest absolute Gasteiger partial charge is 0.493 e. The summed E-state index contributed by atoms with van der Waals surface area (Å²) < 4.78 is 5.59. The molecule has 0 radical (unpaired) electrons. The van der Waals surface area contributed by atoms with Gasteiger partial charge >= 0.3 is 0 Å². The Morgan fingerprint density at radius 2 is 2.30 bits per heavy atom. The van der Waals surface area contributed by atoms with Crippen molar-refractivity contribution in [2.24, 2.45) is 11.7 Å². The molecule has 1 aromatic rings. The maximum absolute atomic E-state index is 12.3. The SMILES string of the molecule is CCCC(C(=O)NC1CCOc2ccccc21)C(N)=S. The minimum Gasteiger partial charge on any atom is -0.493 e. The molecule has 1 heterocycles. The number of rotatable bonds is 5. The average Bonchev–Trinajstić information content (AvgIpc) is 2.44. The highest BCUT2D eigenvalue weighted by atomic mass is 32.1. The molecule has 0 bridgehead atoms. The van der Waals surface area contributed by atoms with Crippen molar-refractivity contribution in [2.75, 3.05) is 6.61 Å². The van der Waals surface area contributed by atoms with Gasteiger partial charge in [-0.1, -0.05) is 43.8 Å². The first-order valence-corrected chi connectivity index (χ1v) is 7.35. The van der Waals surface area contributed by atoms with Crippen LogP contribution in [0.25, 0.3) is 0 Å². The van der Waals surface area contributed by atoms with Gasteiger partial charge in [-0.15, -0.1) is 0 Å². The number of hydrogen-bond acceptors (Lipinski definition) is 3. The third kappa shape index (κ3) is 3.28. The number of benzene rings is 1. The van der Waals surface area contributed by atoms with Crippen molar-refractivity contribution in [1.29, 1.82) is 0 Å². The van der Waals surface area contributed by atoms with Crippen LogP contribution in [-0.2, 0) is 4.79 Å². The van der Waals surface area contributed by atoms with Gasteiger partial charge in [0.25, 0.3) is 0 Å². The highest BCUT2D eigenvalue weighted by molar-refractivity contribution is 7.80. The van der Waals surface area contributed by atoms with Gasteiger partial charge in [0.15, 0.2) is 0 Å². The standard InChI is InChI=1S/C15H20N2O2S/c1-2-5-11(14(16)20)15(18)17-12-8-9-19-13-7-4-3-6-10(12)13/h3-4,6-7,11-12H,2,5,8-9H2,1H3,(H2,16,20)(H,17,18). The Balaban J connectivity index is 2.10. The van der Waals surface area contributed by atoms with Crippen molar-refractivity contribution in [1.82, 2.24) is 5.32 Å². The highest BCUT2D eigenvalue weighted by Crippen LogP contribution is 2.31. The van der Waals surface area contributed by atoms with Crippen molar-refractivity contribution >= 4 is 23.1 Å². The number of carbonyl (C=O) groups is 1. The molecule has 3 N–H and O–H groups in total. The number of para-hydroxylation sites is 1. The van der Waals surface area contributed by atoms with Crippen LogP contribution in [0.4, 0.5) is 0 Å².